The van der Waals surface area contributed by atoms with E-state index in [2.05, 4.69) is 33.2 Å². The molecule has 0 saturated carbocycles. The summed E-state index contributed by atoms with van der Waals surface area (Å²) < 4.78 is 1.01. The van der Waals surface area contributed by atoms with Crippen molar-refractivity contribution in [2.24, 2.45) is 5.92 Å². The van der Waals surface area contributed by atoms with Crippen molar-refractivity contribution in [2.75, 3.05) is 19.6 Å². The number of benzene rings is 1. The first-order valence-corrected chi connectivity index (χ1v) is 7.50. The van der Waals surface area contributed by atoms with Crippen molar-refractivity contribution in [3.8, 4) is 0 Å². The average molecular weight is 358 g/mol. The zero-order chi connectivity index (χ0) is 13.0. The normalized spacial score (nSPS) is 18.9. The van der Waals surface area contributed by atoms with Crippen molar-refractivity contribution in [3.05, 3.63) is 32.9 Å². The van der Waals surface area contributed by atoms with Gasteiger partial charge < -0.3 is 10.6 Å². The summed E-state index contributed by atoms with van der Waals surface area (Å²) in [6.07, 6.45) is 2.30. The van der Waals surface area contributed by atoms with E-state index < -0.39 is 0 Å². The lowest BCUT2D eigenvalue weighted by molar-refractivity contribution is 0.0950. The highest BCUT2D eigenvalue weighted by atomic mass is 127. The second-order valence-corrected chi connectivity index (χ2v) is 6.05. The maximum atomic E-state index is 12.1. The van der Waals surface area contributed by atoms with E-state index in [0.717, 1.165) is 46.7 Å². The van der Waals surface area contributed by atoms with E-state index in [1.165, 1.54) is 6.42 Å². The zero-order valence-corrected chi connectivity index (χ0v) is 12.8. The molecule has 4 heteroatoms. The van der Waals surface area contributed by atoms with E-state index in [0.29, 0.717) is 0 Å². The number of carbonyl (C=O) groups excluding carboxylic acids is 1. The highest BCUT2D eigenvalue weighted by molar-refractivity contribution is 14.1. The van der Waals surface area contributed by atoms with E-state index in [-0.39, 0.29) is 5.91 Å². The fourth-order valence-electron chi connectivity index (χ4n) is 2.26. The van der Waals surface area contributed by atoms with Gasteiger partial charge in [0, 0.05) is 10.1 Å². The summed E-state index contributed by atoms with van der Waals surface area (Å²) in [6.45, 7) is 5.00. The molecular formula is C14H19IN2O. The number of halogens is 1. The van der Waals surface area contributed by atoms with E-state index in [9.17, 15) is 4.79 Å². The van der Waals surface area contributed by atoms with Crippen LogP contribution in [0, 0.1) is 16.4 Å². The van der Waals surface area contributed by atoms with E-state index in [1.54, 1.807) is 0 Å². The average Bonchev–Trinajstić information content (AvgIpc) is 2.85. The smallest absolute Gasteiger partial charge is 0.252 e. The van der Waals surface area contributed by atoms with Crippen LogP contribution in [0.5, 0.6) is 0 Å². The third-order valence-corrected chi connectivity index (χ3v) is 4.31. The molecule has 0 spiro atoms. The number of hydrogen-bond acceptors (Lipinski definition) is 2. The Hall–Kier alpha value is -0.620. The lowest BCUT2D eigenvalue weighted by Crippen LogP contribution is -2.27. The quantitative estimate of drug-likeness (QED) is 0.812. The van der Waals surface area contributed by atoms with E-state index >= 15 is 0 Å². The summed E-state index contributed by atoms with van der Waals surface area (Å²) >= 11 is 2.21. The monoisotopic (exact) mass is 358 g/mol. The summed E-state index contributed by atoms with van der Waals surface area (Å²) in [6, 6.07) is 5.97. The van der Waals surface area contributed by atoms with Crippen LogP contribution in [0.25, 0.3) is 0 Å². The van der Waals surface area contributed by atoms with Crippen LogP contribution >= 0.6 is 22.6 Å². The molecule has 0 bridgehead atoms. The molecule has 1 heterocycles. The largest absolute Gasteiger partial charge is 0.352 e. The van der Waals surface area contributed by atoms with Crippen LogP contribution in [0.15, 0.2) is 18.2 Å². The second kappa shape index (κ2) is 6.52. The van der Waals surface area contributed by atoms with Crippen LogP contribution in [-0.2, 0) is 0 Å². The summed E-state index contributed by atoms with van der Waals surface area (Å²) in [5, 5.41) is 6.37. The molecule has 1 fully saturated rings. The Morgan fingerprint density at radius 3 is 3.11 bits per heavy atom. The molecule has 98 valence electrons. The van der Waals surface area contributed by atoms with Gasteiger partial charge in [-0.05, 0) is 73.5 Å². The number of nitrogens with one attached hydrogen (secondary N) is 2. The molecule has 1 aromatic carbocycles. The molecule has 1 atom stereocenters. The molecule has 2 rings (SSSR count). The van der Waals surface area contributed by atoms with Crippen LogP contribution in [0.3, 0.4) is 0 Å². The van der Waals surface area contributed by atoms with Crippen molar-refractivity contribution in [2.45, 2.75) is 19.8 Å². The molecule has 2 N–H and O–H groups in total. The summed E-state index contributed by atoms with van der Waals surface area (Å²) in [4.78, 5) is 12.1. The Morgan fingerprint density at radius 2 is 2.39 bits per heavy atom. The van der Waals surface area contributed by atoms with Gasteiger partial charge in [0.05, 0.1) is 5.56 Å². The molecule has 1 amide bonds. The first-order chi connectivity index (χ1) is 8.66. The fraction of sp³-hybridized carbons (Fsp3) is 0.500. The molecule has 0 aliphatic carbocycles. The lowest BCUT2D eigenvalue weighted by atomic mass is 10.1. The van der Waals surface area contributed by atoms with Crippen LogP contribution < -0.4 is 10.6 Å². The van der Waals surface area contributed by atoms with Gasteiger partial charge in [-0.1, -0.05) is 11.6 Å². The Balaban J connectivity index is 1.85. The molecule has 3 nitrogen and oxygen atoms in total. The van der Waals surface area contributed by atoms with Crippen molar-refractivity contribution in [3.63, 3.8) is 0 Å². The van der Waals surface area contributed by atoms with Gasteiger partial charge in [0.25, 0.3) is 5.91 Å². The first-order valence-electron chi connectivity index (χ1n) is 6.42. The lowest BCUT2D eigenvalue weighted by Gasteiger charge is -2.10. The van der Waals surface area contributed by atoms with Gasteiger partial charge in [0.1, 0.15) is 0 Å². The predicted molar refractivity (Wildman–Crippen MR) is 81.8 cm³/mol. The van der Waals surface area contributed by atoms with Gasteiger partial charge in [0.2, 0.25) is 0 Å². The van der Waals surface area contributed by atoms with Gasteiger partial charge in [-0.25, -0.2) is 0 Å². The number of amides is 1. The molecular weight excluding hydrogens is 339 g/mol. The molecule has 1 aromatic rings. The molecule has 1 aliphatic rings. The molecule has 0 aromatic heterocycles. The molecule has 1 unspecified atom stereocenters. The van der Waals surface area contributed by atoms with Crippen LogP contribution in [0.2, 0.25) is 0 Å². The highest BCUT2D eigenvalue weighted by Gasteiger charge is 2.15. The van der Waals surface area contributed by atoms with Crippen LogP contribution in [-0.4, -0.2) is 25.5 Å². The minimum Gasteiger partial charge on any atom is -0.352 e. The van der Waals surface area contributed by atoms with E-state index in [4.69, 9.17) is 0 Å². The minimum atomic E-state index is 0.0501. The van der Waals surface area contributed by atoms with Crippen molar-refractivity contribution in [1.29, 1.82) is 0 Å². The Bertz CT molecular complexity index is 428. The third kappa shape index (κ3) is 3.68. The summed E-state index contributed by atoms with van der Waals surface area (Å²) in [5.41, 5.74) is 1.92. The molecule has 18 heavy (non-hydrogen) atoms. The molecule has 1 saturated heterocycles. The number of carbonyl (C=O) groups is 1. The maximum Gasteiger partial charge on any atom is 0.252 e. The van der Waals surface area contributed by atoms with Gasteiger partial charge in [-0.2, -0.15) is 0 Å². The second-order valence-electron chi connectivity index (χ2n) is 4.89. The SMILES string of the molecule is Cc1ccc(I)c(C(=O)NCCC2CCNC2)c1. The number of hydrogen-bond donors (Lipinski definition) is 2. The van der Waals surface area contributed by atoms with Crippen molar-refractivity contribution in [1.82, 2.24) is 10.6 Å². The minimum absolute atomic E-state index is 0.0501. The summed E-state index contributed by atoms with van der Waals surface area (Å²) in [7, 11) is 0. The standard InChI is InChI=1S/C14H19IN2O/c1-10-2-3-13(15)12(8-10)14(18)17-7-5-11-4-6-16-9-11/h2-3,8,11,16H,4-7,9H2,1H3,(H,17,18). The molecule has 0 radical (unpaired) electrons. The Labute approximate surface area is 122 Å². The molecule has 1 aliphatic heterocycles. The van der Waals surface area contributed by atoms with Gasteiger partial charge in [-0.15, -0.1) is 0 Å². The van der Waals surface area contributed by atoms with Crippen LogP contribution in [0.4, 0.5) is 0 Å². The highest BCUT2D eigenvalue weighted by Crippen LogP contribution is 2.15. The number of aryl methyl sites for hydroxylation is 1. The van der Waals surface area contributed by atoms with Crippen molar-refractivity contribution >= 4 is 28.5 Å². The first kappa shape index (κ1) is 13.8. The van der Waals surface area contributed by atoms with Gasteiger partial charge in [0.15, 0.2) is 0 Å². The van der Waals surface area contributed by atoms with Crippen molar-refractivity contribution < 1.29 is 4.79 Å². The van der Waals surface area contributed by atoms with Gasteiger partial charge >= 0.3 is 0 Å². The third-order valence-electron chi connectivity index (χ3n) is 3.37. The maximum absolute atomic E-state index is 12.1. The van der Waals surface area contributed by atoms with E-state index in [1.807, 2.05) is 25.1 Å². The Kier molecular flexibility index (Phi) is 5.00. The topological polar surface area (TPSA) is 41.1 Å². The summed E-state index contributed by atoms with van der Waals surface area (Å²) in [5.74, 6) is 0.774. The fourth-order valence-corrected chi connectivity index (χ4v) is 2.84. The number of rotatable bonds is 4. The zero-order valence-electron chi connectivity index (χ0n) is 10.6. The Morgan fingerprint density at radius 1 is 1.56 bits per heavy atom. The predicted octanol–water partition coefficient (Wildman–Crippen LogP) is 2.33. The van der Waals surface area contributed by atoms with Crippen LogP contribution in [0.1, 0.15) is 28.8 Å². The van der Waals surface area contributed by atoms with Gasteiger partial charge in [-0.3, -0.25) is 4.79 Å².